The molecule has 1 rings (SSSR count). The van der Waals surface area contributed by atoms with Crippen LogP contribution in [0.4, 0.5) is 0 Å². The SMILES string of the molecule is C=CCNC(=NCCc1ccc(C)cc1)NCC.I. The Bertz CT molecular complexity index is 385. The monoisotopic (exact) mass is 373 g/mol. The van der Waals surface area contributed by atoms with Crippen molar-refractivity contribution >= 4 is 29.9 Å². The fraction of sp³-hybridized carbons (Fsp3) is 0.400. The van der Waals surface area contributed by atoms with Gasteiger partial charge in [-0.3, -0.25) is 4.99 Å². The van der Waals surface area contributed by atoms with E-state index in [1.807, 2.05) is 6.08 Å². The minimum Gasteiger partial charge on any atom is -0.357 e. The molecule has 0 aliphatic heterocycles. The Labute approximate surface area is 133 Å². The van der Waals surface area contributed by atoms with Gasteiger partial charge < -0.3 is 10.6 Å². The molecule has 106 valence electrons. The minimum atomic E-state index is 0. The molecule has 0 bridgehead atoms. The van der Waals surface area contributed by atoms with Crippen LogP contribution in [0.25, 0.3) is 0 Å². The summed E-state index contributed by atoms with van der Waals surface area (Å²) in [7, 11) is 0. The van der Waals surface area contributed by atoms with E-state index in [9.17, 15) is 0 Å². The van der Waals surface area contributed by atoms with E-state index in [0.717, 1.165) is 32.0 Å². The Kier molecular flexibility index (Phi) is 10.2. The van der Waals surface area contributed by atoms with E-state index in [-0.39, 0.29) is 24.0 Å². The topological polar surface area (TPSA) is 36.4 Å². The molecule has 19 heavy (non-hydrogen) atoms. The van der Waals surface area contributed by atoms with Crippen LogP contribution in [0, 0.1) is 6.92 Å². The van der Waals surface area contributed by atoms with E-state index in [2.05, 4.69) is 60.3 Å². The van der Waals surface area contributed by atoms with Gasteiger partial charge in [-0.2, -0.15) is 0 Å². The zero-order valence-electron chi connectivity index (χ0n) is 11.8. The predicted molar refractivity (Wildman–Crippen MR) is 94.5 cm³/mol. The number of hydrogen-bond acceptors (Lipinski definition) is 1. The maximum atomic E-state index is 4.52. The molecule has 0 aromatic heterocycles. The highest BCUT2D eigenvalue weighted by Gasteiger charge is 1.95. The Morgan fingerprint density at radius 3 is 2.53 bits per heavy atom. The zero-order chi connectivity index (χ0) is 13.2. The summed E-state index contributed by atoms with van der Waals surface area (Å²) in [5, 5.41) is 6.39. The van der Waals surface area contributed by atoms with Gasteiger partial charge in [-0.1, -0.05) is 35.9 Å². The number of aliphatic imine (C=N–C) groups is 1. The first-order valence-corrected chi connectivity index (χ1v) is 6.45. The van der Waals surface area contributed by atoms with E-state index in [0.29, 0.717) is 0 Å². The molecule has 0 amide bonds. The second-order valence-corrected chi connectivity index (χ2v) is 4.17. The Morgan fingerprint density at radius 2 is 1.95 bits per heavy atom. The van der Waals surface area contributed by atoms with E-state index in [1.54, 1.807) is 0 Å². The highest BCUT2D eigenvalue weighted by atomic mass is 127. The van der Waals surface area contributed by atoms with Crippen LogP contribution in [0.15, 0.2) is 41.9 Å². The molecular formula is C15H24IN3. The third-order valence-electron chi connectivity index (χ3n) is 2.55. The van der Waals surface area contributed by atoms with Gasteiger partial charge in [0.2, 0.25) is 0 Å². The summed E-state index contributed by atoms with van der Waals surface area (Å²) >= 11 is 0. The van der Waals surface area contributed by atoms with Gasteiger partial charge in [0.1, 0.15) is 0 Å². The Morgan fingerprint density at radius 1 is 1.26 bits per heavy atom. The van der Waals surface area contributed by atoms with Crippen LogP contribution in [-0.2, 0) is 6.42 Å². The van der Waals surface area contributed by atoms with Crippen LogP contribution < -0.4 is 10.6 Å². The molecule has 0 aliphatic carbocycles. The quantitative estimate of drug-likeness (QED) is 0.348. The molecule has 3 nitrogen and oxygen atoms in total. The van der Waals surface area contributed by atoms with Crippen molar-refractivity contribution in [3.05, 3.63) is 48.0 Å². The lowest BCUT2D eigenvalue weighted by atomic mass is 10.1. The molecule has 0 radical (unpaired) electrons. The molecule has 1 aromatic carbocycles. The van der Waals surface area contributed by atoms with Crippen molar-refractivity contribution in [1.29, 1.82) is 0 Å². The number of benzene rings is 1. The first-order valence-electron chi connectivity index (χ1n) is 6.45. The summed E-state index contributed by atoms with van der Waals surface area (Å²) in [6, 6.07) is 8.60. The number of rotatable bonds is 6. The van der Waals surface area contributed by atoms with Crippen molar-refractivity contribution in [2.75, 3.05) is 19.6 Å². The highest BCUT2D eigenvalue weighted by Crippen LogP contribution is 2.03. The number of guanidine groups is 1. The highest BCUT2D eigenvalue weighted by molar-refractivity contribution is 14.0. The third-order valence-corrected chi connectivity index (χ3v) is 2.55. The molecule has 0 spiro atoms. The molecule has 0 heterocycles. The molecule has 1 aromatic rings. The largest absolute Gasteiger partial charge is 0.357 e. The number of hydrogen-bond donors (Lipinski definition) is 2. The Balaban J connectivity index is 0.00000324. The van der Waals surface area contributed by atoms with Crippen LogP contribution in [0.5, 0.6) is 0 Å². The molecule has 0 atom stereocenters. The van der Waals surface area contributed by atoms with Gasteiger partial charge in [-0.05, 0) is 25.8 Å². The summed E-state index contributed by atoms with van der Waals surface area (Å²) in [5.41, 5.74) is 2.62. The van der Waals surface area contributed by atoms with Gasteiger partial charge in [0, 0.05) is 19.6 Å². The molecule has 0 aliphatic rings. The van der Waals surface area contributed by atoms with Gasteiger partial charge >= 0.3 is 0 Å². The maximum Gasteiger partial charge on any atom is 0.191 e. The van der Waals surface area contributed by atoms with E-state index in [4.69, 9.17) is 0 Å². The number of nitrogens with zero attached hydrogens (tertiary/aromatic N) is 1. The van der Waals surface area contributed by atoms with Crippen molar-refractivity contribution in [1.82, 2.24) is 10.6 Å². The van der Waals surface area contributed by atoms with Gasteiger partial charge in [-0.25, -0.2) is 0 Å². The smallest absolute Gasteiger partial charge is 0.191 e. The summed E-state index contributed by atoms with van der Waals surface area (Å²) in [5.74, 6) is 0.851. The molecule has 0 saturated carbocycles. The standard InChI is InChI=1S/C15H23N3.HI/c1-4-11-17-15(16-5-2)18-12-10-14-8-6-13(3)7-9-14;/h4,6-9H,1,5,10-12H2,2-3H3,(H2,16,17,18);1H. The van der Waals surface area contributed by atoms with Gasteiger partial charge in [-0.15, -0.1) is 30.6 Å². The predicted octanol–water partition coefficient (Wildman–Crippen LogP) is 2.90. The van der Waals surface area contributed by atoms with Crippen LogP contribution in [-0.4, -0.2) is 25.6 Å². The lowest BCUT2D eigenvalue weighted by molar-refractivity contribution is 0.851. The minimum absolute atomic E-state index is 0. The van der Waals surface area contributed by atoms with Crippen molar-refractivity contribution < 1.29 is 0 Å². The van der Waals surface area contributed by atoms with E-state index >= 15 is 0 Å². The van der Waals surface area contributed by atoms with Gasteiger partial charge in [0.15, 0.2) is 5.96 Å². The molecule has 0 saturated heterocycles. The van der Waals surface area contributed by atoms with Gasteiger partial charge in [0.25, 0.3) is 0 Å². The second kappa shape index (κ2) is 10.8. The van der Waals surface area contributed by atoms with Crippen molar-refractivity contribution in [2.24, 2.45) is 4.99 Å². The third kappa shape index (κ3) is 7.87. The molecule has 0 unspecified atom stereocenters. The Hall–Kier alpha value is -1.04. The first-order chi connectivity index (χ1) is 8.76. The van der Waals surface area contributed by atoms with Crippen LogP contribution in [0.1, 0.15) is 18.1 Å². The number of aryl methyl sites for hydroxylation is 1. The molecule has 2 N–H and O–H groups in total. The number of nitrogens with one attached hydrogen (secondary N) is 2. The normalized spacial score (nSPS) is 10.5. The summed E-state index contributed by atoms with van der Waals surface area (Å²) < 4.78 is 0. The maximum absolute atomic E-state index is 4.52. The average Bonchev–Trinajstić information content (AvgIpc) is 2.38. The van der Waals surface area contributed by atoms with Crippen molar-refractivity contribution in [3.8, 4) is 0 Å². The molecule has 0 fully saturated rings. The lowest BCUT2D eigenvalue weighted by Gasteiger charge is -2.09. The van der Waals surface area contributed by atoms with E-state index in [1.165, 1.54) is 11.1 Å². The van der Waals surface area contributed by atoms with E-state index < -0.39 is 0 Å². The number of halogens is 1. The van der Waals surface area contributed by atoms with Crippen LogP contribution in [0.2, 0.25) is 0 Å². The molecule has 4 heteroatoms. The second-order valence-electron chi connectivity index (χ2n) is 4.17. The average molecular weight is 373 g/mol. The van der Waals surface area contributed by atoms with Crippen LogP contribution in [0.3, 0.4) is 0 Å². The van der Waals surface area contributed by atoms with Crippen molar-refractivity contribution in [2.45, 2.75) is 20.3 Å². The summed E-state index contributed by atoms with van der Waals surface area (Å²) in [4.78, 5) is 4.52. The first kappa shape index (κ1) is 18.0. The zero-order valence-corrected chi connectivity index (χ0v) is 14.1. The van der Waals surface area contributed by atoms with Gasteiger partial charge in [0.05, 0.1) is 0 Å². The molecular weight excluding hydrogens is 349 g/mol. The van der Waals surface area contributed by atoms with Crippen LogP contribution >= 0.6 is 24.0 Å². The fourth-order valence-electron chi connectivity index (χ4n) is 1.56. The summed E-state index contributed by atoms with van der Waals surface area (Å²) in [6.45, 7) is 10.2. The lowest BCUT2D eigenvalue weighted by Crippen LogP contribution is -2.37. The fourth-order valence-corrected chi connectivity index (χ4v) is 1.56. The summed E-state index contributed by atoms with van der Waals surface area (Å²) in [6.07, 6.45) is 2.79. The van der Waals surface area contributed by atoms with Crippen molar-refractivity contribution in [3.63, 3.8) is 0 Å².